The molecule has 0 unspecified atom stereocenters. The lowest BCUT2D eigenvalue weighted by Crippen LogP contribution is -2.29. The molecule has 0 aliphatic carbocycles. The molecule has 1 aromatic heterocycles. The fraction of sp³-hybridized carbons (Fsp3) is 0.438. The molecule has 0 spiro atoms. The lowest BCUT2D eigenvalue weighted by atomic mass is 10.2. The Balaban J connectivity index is 1.61. The number of rotatable bonds is 5. The van der Waals surface area contributed by atoms with E-state index in [0.29, 0.717) is 24.6 Å². The lowest BCUT2D eigenvalue weighted by molar-refractivity contribution is 0.251. The number of benzene rings is 1. The molecule has 2 N–H and O–H groups in total. The van der Waals surface area contributed by atoms with Crippen LogP contribution >= 0.6 is 0 Å². The van der Waals surface area contributed by atoms with Crippen molar-refractivity contribution in [2.45, 2.75) is 39.8 Å². The summed E-state index contributed by atoms with van der Waals surface area (Å²) in [6, 6.07) is 5.40. The summed E-state index contributed by atoms with van der Waals surface area (Å²) in [7, 11) is 0. The van der Waals surface area contributed by atoms with E-state index in [2.05, 4.69) is 25.4 Å². The molecule has 3 rings (SSSR count). The van der Waals surface area contributed by atoms with Crippen LogP contribution in [0.2, 0.25) is 0 Å². The number of aromatic nitrogens is 3. The number of fused-ring (bicyclic) bond motifs is 1. The number of carbonyl (C=O) groups excluding carboxylic acids is 1. The Hall–Kier alpha value is -2.57. The predicted molar refractivity (Wildman–Crippen MR) is 86.5 cm³/mol. The highest BCUT2D eigenvalue weighted by molar-refractivity contribution is 5.90. The second kappa shape index (κ2) is 6.68. The summed E-state index contributed by atoms with van der Waals surface area (Å²) >= 11 is 0. The molecule has 122 valence electrons. The molecular formula is C16H21N5O2. The van der Waals surface area contributed by atoms with Crippen molar-refractivity contribution < 1.29 is 9.53 Å². The fourth-order valence-electron chi connectivity index (χ4n) is 2.68. The first kappa shape index (κ1) is 15.3. The third kappa shape index (κ3) is 3.44. The molecule has 2 aromatic rings. The normalized spacial score (nSPS) is 12.8. The average molecular weight is 315 g/mol. The van der Waals surface area contributed by atoms with Gasteiger partial charge < -0.3 is 19.9 Å². The fourth-order valence-corrected chi connectivity index (χ4v) is 2.68. The Bertz CT molecular complexity index is 710. The summed E-state index contributed by atoms with van der Waals surface area (Å²) in [6.45, 7) is 5.73. The summed E-state index contributed by atoms with van der Waals surface area (Å²) in [4.78, 5) is 12.1. The van der Waals surface area contributed by atoms with Crippen LogP contribution in [-0.4, -0.2) is 27.4 Å². The van der Waals surface area contributed by atoms with Crippen LogP contribution in [0.1, 0.15) is 30.6 Å². The summed E-state index contributed by atoms with van der Waals surface area (Å²) in [5, 5.41) is 13.9. The van der Waals surface area contributed by atoms with Crippen molar-refractivity contribution in [1.82, 2.24) is 20.1 Å². The van der Waals surface area contributed by atoms with E-state index in [1.807, 2.05) is 32.0 Å². The van der Waals surface area contributed by atoms with E-state index in [9.17, 15) is 4.79 Å². The van der Waals surface area contributed by atoms with E-state index in [1.54, 1.807) is 0 Å². The van der Waals surface area contributed by atoms with Gasteiger partial charge in [-0.05, 0) is 38.0 Å². The molecule has 0 fully saturated rings. The zero-order chi connectivity index (χ0) is 16.2. The average Bonchev–Trinajstić information content (AvgIpc) is 3.12. The van der Waals surface area contributed by atoms with Gasteiger partial charge in [0, 0.05) is 13.0 Å². The molecule has 2 amide bonds. The highest BCUT2D eigenvalue weighted by Gasteiger charge is 2.17. The topological polar surface area (TPSA) is 81.1 Å². The minimum atomic E-state index is -0.287. The monoisotopic (exact) mass is 315 g/mol. The van der Waals surface area contributed by atoms with Crippen LogP contribution in [0.5, 0.6) is 5.75 Å². The first-order chi connectivity index (χ1) is 11.2. The van der Waals surface area contributed by atoms with Crippen LogP contribution < -0.4 is 15.4 Å². The summed E-state index contributed by atoms with van der Waals surface area (Å²) < 4.78 is 7.63. The smallest absolute Gasteiger partial charge is 0.319 e. The molecule has 1 aliphatic heterocycles. The Morgan fingerprint density at radius 3 is 3.09 bits per heavy atom. The Labute approximate surface area is 135 Å². The molecule has 1 aromatic carbocycles. The molecule has 1 aliphatic rings. The number of hydrogen-bond donors (Lipinski definition) is 2. The largest absolute Gasteiger partial charge is 0.492 e. The highest BCUT2D eigenvalue weighted by atomic mass is 16.5. The Morgan fingerprint density at radius 2 is 2.26 bits per heavy atom. The van der Waals surface area contributed by atoms with Gasteiger partial charge in [0.2, 0.25) is 0 Å². The van der Waals surface area contributed by atoms with Gasteiger partial charge in [-0.25, -0.2) is 4.79 Å². The minimum absolute atomic E-state index is 0.287. The lowest BCUT2D eigenvalue weighted by Gasteiger charge is -2.13. The Kier molecular flexibility index (Phi) is 4.45. The van der Waals surface area contributed by atoms with Crippen molar-refractivity contribution in [3.63, 3.8) is 0 Å². The zero-order valence-electron chi connectivity index (χ0n) is 13.4. The summed E-state index contributed by atoms with van der Waals surface area (Å²) in [5.41, 5.74) is 1.74. The van der Waals surface area contributed by atoms with Crippen molar-refractivity contribution in [2.75, 3.05) is 11.9 Å². The van der Waals surface area contributed by atoms with E-state index in [-0.39, 0.29) is 6.03 Å². The van der Waals surface area contributed by atoms with Gasteiger partial charge in [-0.15, -0.1) is 10.2 Å². The van der Waals surface area contributed by atoms with Crippen molar-refractivity contribution in [1.29, 1.82) is 0 Å². The van der Waals surface area contributed by atoms with Crippen molar-refractivity contribution in [3.8, 4) is 5.75 Å². The van der Waals surface area contributed by atoms with Crippen molar-refractivity contribution >= 4 is 11.7 Å². The third-order valence-corrected chi connectivity index (χ3v) is 3.78. The quantitative estimate of drug-likeness (QED) is 0.887. The number of nitrogens with zero attached hydrogens (tertiary/aromatic N) is 3. The molecule has 0 atom stereocenters. The minimum Gasteiger partial charge on any atom is -0.492 e. The second-order valence-corrected chi connectivity index (χ2v) is 5.53. The van der Waals surface area contributed by atoms with Gasteiger partial charge in [0.1, 0.15) is 11.6 Å². The number of nitrogens with one attached hydrogen (secondary N) is 2. The second-order valence-electron chi connectivity index (χ2n) is 5.53. The van der Waals surface area contributed by atoms with E-state index in [0.717, 1.165) is 36.6 Å². The first-order valence-electron chi connectivity index (χ1n) is 7.86. The molecule has 7 heteroatoms. The molecule has 2 heterocycles. The predicted octanol–water partition coefficient (Wildman–Crippen LogP) is 2.25. The van der Waals surface area contributed by atoms with E-state index in [1.165, 1.54) is 0 Å². The summed E-state index contributed by atoms with van der Waals surface area (Å²) in [6.07, 6.45) is 2.05. The maximum Gasteiger partial charge on any atom is 0.319 e. The van der Waals surface area contributed by atoms with Crippen LogP contribution in [0.3, 0.4) is 0 Å². The number of ether oxygens (including phenoxy) is 1. The van der Waals surface area contributed by atoms with Crippen LogP contribution in [0.15, 0.2) is 18.2 Å². The SMILES string of the molecule is CCOc1cc(C)ccc1NC(=O)NCc1nnc2n1CCC2. The Morgan fingerprint density at radius 1 is 1.39 bits per heavy atom. The maximum atomic E-state index is 12.1. The first-order valence-corrected chi connectivity index (χ1v) is 7.86. The number of anilines is 1. The number of carbonyl (C=O) groups is 1. The van der Waals surface area contributed by atoms with Gasteiger partial charge in [-0.3, -0.25) is 0 Å². The van der Waals surface area contributed by atoms with Gasteiger partial charge in [0.05, 0.1) is 18.8 Å². The zero-order valence-corrected chi connectivity index (χ0v) is 13.4. The standard InChI is InChI=1S/C16H21N5O2/c1-3-23-13-9-11(2)6-7-12(13)18-16(22)17-10-15-20-19-14-5-4-8-21(14)15/h6-7,9H,3-5,8,10H2,1-2H3,(H2,17,18,22). The van der Waals surface area contributed by atoms with Gasteiger partial charge >= 0.3 is 6.03 Å². The number of urea groups is 1. The van der Waals surface area contributed by atoms with Crippen LogP contribution in [0.4, 0.5) is 10.5 Å². The van der Waals surface area contributed by atoms with Crippen molar-refractivity contribution in [2.24, 2.45) is 0 Å². The molecular weight excluding hydrogens is 294 g/mol. The molecule has 7 nitrogen and oxygen atoms in total. The summed E-state index contributed by atoms with van der Waals surface area (Å²) in [5.74, 6) is 2.46. The number of aryl methyl sites for hydroxylation is 2. The van der Waals surface area contributed by atoms with Crippen LogP contribution in [0.25, 0.3) is 0 Å². The molecule has 0 saturated heterocycles. The molecule has 0 saturated carbocycles. The molecule has 0 radical (unpaired) electrons. The van der Waals surface area contributed by atoms with E-state index in [4.69, 9.17) is 4.74 Å². The van der Waals surface area contributed by atoms with Crippen molar-refractivity contribution in [3.05, 3.63) is 35.4 Å². The van der Waals surface area contributed by atoms with Crippen LogP contribution in [0, 0.1) is 6.92 Å². The molecule has 23 heavy (non-hydrogen) atoms. The van der Waals surface area contributed by atoms with E-state index >= 15 is 0 Å². The maximum absolute atomic E-state index is 12.1. The van der Waals surface area contributed by atoms with Gasteiger partial charge in [0.25, 0.3) is 0 Å². The highest BCUT2D eigenvalue weighted by Crippen LogP contribution is 2.25. The van der Waals surface area contributed by atoms with E-state index < -0.39 is 0 Å². The van der Waals surface area contributed by atoms with Gasteiger partial charge in [-0.1, -0.05) is 6.07 Å². The number of amides is 2. The van der Waals surface area contributed by atoms with Gasteiger partial charge in [0.15, 0.2) is 5.82 Å². The van der Waals surface area contributed by atoms with Crippen LogP contribution in [-0.2, 0) is 19.5 Å². The third-order valence-electron chi connectivity index (χ3n) is 3.78. The van der Waals surface area contributed by atoms with Gasteiger partial charge in [-0.2, -0.15) is 0 Å². The molecule has 0 bridgehead atoms. The number of hydrogen-bond acceptors (Lipinski definition) is 4.